The first-order valence-electron chi connectivity index (χ1n) is 6.98. The lowest BCUT2D eigenvalue weighted by Crippen LogP contribution is -2.01. The summed E-state index contributed by atoms with van der Waals surface area (Å²) in [5.41, 5.74) is 0.708. The number of Topliss-reactive ketones (excluding diaryl/α,β-unsaturated/α-hetero) is 1. The van der Waals surface area contributed by atoms with E-state index in [4.69, 9.17) is 9.15 Å². The number of nitrogens with zero attached hydrogens (tertiary/aromatic N) is 1. The lowest BCUT2D eigenvalue weighted by atomic mass is 10.1. The summed E-state index contributed by atoms with van der Waals surface area (Å²) in [6.07, 6.45) is 0. The van der Waals surface area contributed by atoms with E-state index in [1.165, 1.54) is 19.1 Å². The molecule has 0 saturated carbocycles. The van der Waals surface area contributed by atoms with Crippen LogP contribution in [-0.2, 0) is 6.61 Å². The Bertz CT molecular complexity index is 840. The first-order chi connectivity index (χ1) is 11.0. The van der Waals surface area contributed by atoms with Gasteiger partial charge in [0.05, 0.1) is 10.4 Å². The molecule has 0 bridgehead atoms. The largest absolute Gasteiger partial charge is 0.487 e. The third kappa shape index (κ3) is 3.32. The molecule has 0 saturated heterocycles. The summed E-state index contributed by atoms with van der Waals surface area (Å²) in [4.78, 5) is 16.6. The number of hydrogen-bond donors (Lipinski definition) is 0. The predicted octanol–water partition coefficient (Wildman–Crippen LogP) is 4.63. The molecule has 23 heavy (non-hydrogen) atoms. The van der Waals surface area contributed by atoms with Gasteiger partial charge in [-0.15, -0.1) is 11.3 Å². The number of aryl methyl sites for hydroxylation is 1. The second kappa shape index (κ2) is 6.34. The fraction of sp³-hybridized carbons (Fsp3) is 0.176. The van der Waals surface area contributed by atoms with Gasteiger partial charge < -0.3 is 9.15 Å². The first-order valence-corrected chi connectivity index (χ1v) is 7.86. The molecule has 4 nitrogen and oxygen atoms in total. The Kier molecular flexibility index (Phi) is 4.25. The summed E-state index contributed by atoms with van der Waals surface area (Å²) in [6, 6.07) is 8.03. The second-order valence-electron chi connectivity index (χ2n) is 4.99. The third-order valence-electron chi connectivity index (χ3n) is 3.32. The van der Waals surface area contributed by atoms with Crippen molar-refractivity contribution >= 4 is 17.1 Å². The van der Waals surface area contributed by atoms with Crippen molar-refractivity contribution < 1.29 is 18.3 Å². The van der Waals surface area contributed by atoms with Gasteiger partial charge in [-0.25, -0.2) is 9.37 Å². The van der Waals surface area contributed by atoms with Crippen LogP contribution in [0, 0.1) is 12.7 Å². The van der Waals surface area contributed by atoms with Gasteiger partial charge in [-0.3, -0.25) is 4.79 Å². The van der Waals surface area contributed by atoms with E-state index in [-0.39, 0.29) is 18.0 Å². The van der Waals surface area contributed by atoms with Gasteiger partial charge in [-0.1, -0.05) is 6.07 Å². The van der Waals surface area contributed by atoms with E-state index in [0.717, 1.165) is 4.88 Å². The zero-order valence-corrected chi connectivity index (χ0v) is 13.4. The predicted molar refractivity (Wildman–Crippen MR) is 85.3 cm³/mol. The molecule has 6 heteroatoms. The quantitative estimate of drug-likeness (QED) is 0.640. The maximum absolute atomic E-state index is 13.8. The van der Waals surface area contributed by atoms with Crippen LogP contribution in [0.15, 0.2) is 40.1 Å². The topological polar surface area (TPSA) is 52.3 Å². The number of carbonyl (C=O) groups is 1. The molecule has 0 aliphatic heterocycles. The Morgan fingerprint density at radius 1 is 1.39 bits per heavy atom. The van der Waals surface area contributed by atoms with Crippen molar-refractivity contribution in [3.63, 3.8) is 0 Å². The van der Waals surface area contributed by atoms with Gasteiger partial charge in [-0.05, 0) is 37.4 Å². The van der Waals surface area contributed by atoms with Crippen molar-refractivity contribution in [3.05, 3.63) is 58.5 Å². The van der Waals surface area contributed by atoms with Crippen LogP contribution in [0.3, 0.4) is 0 Å². The van der Waals surface area contributed by atoms with Gasteiger partial charge in [-0.2, -0.15) is 0 Å². The molecular weight excluding hydrogens is 317 g/mol. The highest BCUT2D eigenvalue weighted by atomic mass is 32.1. The van der Waals surface area contributed by atoms with Gasteiger partial charge >= 0.3 is 0 Å². The monoisotopic (exact) mass is 331 g/mol. The molecule has 0 spiro atoms. The molecule has 0 N–H and O–H groups in total. The van der Waals surface area contributed by atoms with Gasteiger partial charge in [0, 0.05) is 6.07 Å². The zero-order valence-electron chi connectivity index (χ0n) is 12.6. The first kappa shape index (κ1) is 15.4. The van der Waals surface area contributed by atoms with E-state index in [0.29, 0.717) is 23.1 Å². The summed E-state index contributed by atoms with van der Waals surface area (Å²) in [7, 11) is 0. The normalized spacial score (nSPS) is 10.7. The summed E-state index contributed by atoms with van der Waals surface area (Å²) in [6.45, 7) is 3.30. The maximum atomic E-state index is 13.8. The van der Waals surface area contributed by atoms with Crippen molar-refractivity contribution in [2.45, 2.75) is 20.5 Å². The summed E-state index contributed by atoms with van der Waals surface area (Å²) >= 11 is 1.54. The van der Waals surface area contributed by atoms with E-state index in [9.17, 15) is 9.18 Å². The molecule has 0 atom stereocenters. The van der Waals surface area contributed by atoms with Crippen molar-refractivity contribution in [1.29, 1.82) is 0 Å². The molecule has 0 unspecified atom stereocenters. The van der Waals surface area contributed by atoms with E-state index < -0.39 is 5.82 Å². The highest BCUT2D eigenvalue weighted by molar-refractivity contribution is 7.13. The summed E-state index contributed by atoms with van der Waals surface area (Å²) < 4.78 is 24.9. The van der Waals surface area contributed by atoms with Crippen LogP contribution in [0.25, 0.3) is 10.8 Å². The van der Waals surface area contributed by atoms with Crippen LogP contribution in [0.4, 0.5) is 4.39 Å². The van der Waals surface area contributed by atoms with Crippen molar-refractivity contribution in [2.75, 3.05) is 0 Å². The fourth-order valence-corrected chi connectivity index (χ4v) is 2.74. The Labute approximate surface area is 136 Å². The Balaban J connectivity index is 1.74. The van der Waals surface area contributed by atoms with Crippen LogP contribution in [0.1, 0.15) is 28.7 Å². The Morgan fingerprint density at radius 2 is 2.22 bits per heavy atom. The molecule has 0 amide bonds. The molecule has 3 rings (SSSR count). The number of halogens is 1. The van der Waals surface area contributed by atoms with Crippen LogP contribution < -0.4 is 4.74 Å². The Morgan fingerprint density at radius 3 is 2.87 bits per heavy atom. The van der Waals surface area contributed by atoms with E-state index in [1.807, 2.05) is 24.4 Å². The smallest absolute Gasteiger partial charge is 0.236 e. The third-order valence-corrected chi connectivity index (χ3v) is 4.18. The van der Waals surface area contributed by atoms with Crippen molar-refractivity contribution in [3.8, 4) is 16.5 Å². The molecule has 3 aromatic rings. The van der Waals surface area contributed by atoms with Crippen LogP contribution in [0.5, 0.6) is 5.75 Å². The molecule has 0 aliphatic rings. The highest BCUT2D eigenvalue weighted by Crippen LogP contribution is 2.26. The number of aromatic nitrogens is 1. The summed E-state index contributed by atoms with van der Waals surface area (Å²) in [5.74, 6) is 0.643. The maximum Gasteiger partial charge on any atom is 0.236 e. The van der Waals surface area contributed by atoms with E-state index >= 15 is 0 Å². The zero-order chi connectivity index (χ0) is 16.4. The number of benzene rings is 1. The van der Waals surface area contributed by atoms with Crippen LogP contribution in [-0.4, -0.2) is 10.8 Å². The van der Waals surface area contributed by atoms with Crippen LogP contribution >= 0.6 is 11.3 Å². The lowest BCUT2D eigenvalue weighted by Gasteiger charge is -2.06. The number of rotatable bonds is 5. The minimum Gasteiger partial charge on any atom is -0.487 e. The molecular formula is C17H14FNO3S. The van der Waals surface area contributed by atoms with E-state index in [1.54, 1.807) is 17.4 Å². The van der Waals surface area contributed by atoms with Crippen molar-refractivity contribution in [2.24, 2.45) is 0 Å². The van der Waals surface area contributed by atoms with Gasteiger partial charge in [0.25, 0.3) is 0 Å². The van der Waals surface area contributed by atoms with Gasteiger partial charge in [0.1, 0.15) is 29.6 Å². The molecule has 0 aliphatic carbocycles. The molecule has 118 valence electrons. The molecule has 2 heterocycles. The van der Waals surface area contributed by atoms with Gasteiger partial charge in [0.2, 0.25) is 5.89 Å². The average Bonchev–Trinajstić information content (AvgIpc) is 3.14. The number of carbonyl (C=O) groups excluding carboxylic acids is 1. The van der Waals surface area contributed by atoms with Crippen molar-refractivity contribution in [1.82, 2.24) is 4.98 Å². The number of ether oxygens (including phenoxy) is 1. The van der Waals surface area contributed by atoms with Gasteiger partial charge in [0.15, 0.2) is 5.78 Å². The number of hydrogen-bond acceptors (Lipinski definition) is 5. The average molecular weight is 331 g/mol. The fourth-order valence-electron chi connectivity index (χ4n) is 2.09. The molecule has 2 aromatic heterocycles. The summed E-state index contributed by atoms with van der Waals surface area (Å²) in [5, 5.41) is 1.95. The minimum atomic E-state index is -0.592. The Hall–Kier alpha value is -2.47. The number of thiophene rings is 1. The molecule has 1 aromatic carbocycles. The van der Waals surface area contributed by atoms with E-state index in [2.05, 4.69) is 4.98 Å². The number of oxazole rings is 1. The molecule has 0 radical (unpaired) electrons. The second-order valence-corrected chi connectivity index (χ2v) is 5.93. The number of ketones is 1. The standard InChI is InChI=1S/C17H14FNO3S/c1-10(20)13-6-5-12(8-14(13)18)21-9-15-11(2)22-17(19-15)16-4-3-7-23-16/h3-8H,9H2,1-2H3. The molecule has 0 fully saturated rings. The highest BCUT2D eigenvalue weighted by Gasteiger charge is 2.13. The SMILES string of the molecule is CC(=O)c1ccc(OCc2nc(-c3cccs3)oc2C)cc1F. The minimum absolute atomic E-state index is 0.0509. The van der Waals surface area contributed by atoms with Crippen LogP contribution in [0.2, 0.25) is 0 Å². The lowest BCUT2D eigenvalue weighted by molar-refractivity contribution is 0.101.